The van der Waals surface area contributed by atoms with Crippen LogP contribution < -0.4 is 4.90 Å². The molecule has 0 spiro atoms. The van der Waals surface area contributed by atoms with E-state index in [1.165, 1.54) is 22.5 Å². The number of methoxy groups -OCH3 is 1. The van der Waals surface area contributed by atoms with Crippen LogP contribution in [0.15, 0.2) is 58.8 Å². The summed E-state index contributed by atoms with van der Waals surface area (Å²) in [6.07, 6.45) is 0. The minimum atomic E-state index is -3.89. The number of sulfonamides is 1. The second kappa shape index (κ2) is 9.05. The Morgan fingerprint density at radius 2 is 1.66 bits per heavy atom. The lowest BCUT2D eigenvalue weighted by Crippen LogP contribution is -2.49. The van der Waals surface area contributed by atoms with E-state index in [1.54, 1.807) is 5.38 Å². The third-order valence-electron chi connectivity index (χ3n) is 5.95. The van der Waals surface area contributed by atoms with E-state index in [0.29, 0.717) is 31.7 Å². The number of thiophene rings is 1. The molecule has 2 heterocycles. The van der Waals surface area contributed by atoms with Crippen molar-refractivity contribution in [1.29, 1.82) is 0 Å². The summed E-state index contributed by atoms with van der Waals surface area (Å²) in [7, 11) is -2.62. The van der Waals surface area contributed by atoms with Gasteiger partial charge >= 0.3 is 5.97 Å². The van der Waals surface area contributed by atoms with E-state index in [-0.39, 0.29) is 9.77 Å². The zero-order valence-corrected chi connectivity index (χ0v) is 20.0. The Hall–Kier alpha value is -2.68. The van der Waals surface area contributed by atoms with Crippen LogP contribution in [0.5, 0.6) is 0 Å². The molecule has 1 aliphatic heterocycles. The van der Waals surface area contributed by atoms with Gasteiger partial charge in [0.15, 0.2) is 0 Å². The third-order valence-corrected chi connectivity index (χ3v) is 9.03. The summed E-state index contributed by atoms with van der Waals surface area (Å²) in [5, 5.41) is 1.72. The van der Waals surface area contributed by atoms with Crippen LogP contribution in [-0.2, 0) is 14.8 Å². The molecule has 168 valence electrons. The topological polar surface area (TPSA) is 66.9 Å². The number of benzene rings is 2. The SMILES string of the molecule is COC(=O)c1scc(-c2ccccc2)c1S(=O)(=O)N1CCN(c2cccc(C)c2C)CC1. The maximum atomic E-state index is 13.8. The Morgan fingerprint density at radius 3 is 2.31 bits per heavy atom. The van der Waals surface area contributed by atoms with Crippen molar-refractivity contribution in [3.63, 3.8) is 0 Å². The Labute approximate surface area is 193 Å². The van der Waals surface area contributed by atoms with Crippen molar-refractivity contribution < 1.29 is 17.9 Å². The molecule has 0 atom stereocenters. The number of piperazine rings is 1. The summed E-state index contributed by atoms with van der Waals surface area (Å²) < 4.78 is 33.9. The first-order valence-electron chi connectivity index (χ1n) is 10.4. The normalized spacial score (nSPS) is 15.0. The second-order valence-electron chi connectivity index (χ2n) is 7.78. The molecule has 3 aromatic rings. The van der Waals surface area contributed by atoms with Crippen LogP contribution in [0.3, 0.4) is 0 Å². The molecule has 0 N–H and O–H groups in total. The number of nitrogens with zero attached hydrogens (tertiary/aromatic N) is 2. The lowest BCUT2D eigenvalue weighted by molar-refractivity contribution is 0.0602. The van der Waals surface area contributed by atoms with Crippen LogP contribution in [-0.4, -0.2) is 52.0 Å². The molecule has 1 fully saturated rings. The van der Waals surface area contributed by atoms with Crippen LogP contribution in [0.4, 0.5) is 5.69 Å². The van der Waals surface area contributed by atoms with Crippen LogP contribution >= 0.6 is 11.3 Å². The van der Waals surface area contributed by atoms with E-state index in [4.69, 9.17) is 4.74 Å². The smallest absolute Gasteiger partial charge is 0.349 e. The van der Waals surface area contributed by atoms with Crippen molar-refractivity contribution in [1.82, 2.24) is 4.31 Å². The van der Waals surface area contributed by atoms with Crippen molar-refractivity contribution in [3.8, 4) is 11.1 Å². The fourth-order valence-corrected chi connectivity index (χ4v) is 7.13. The predicted molar refractivity (Wildman–Crippen MR) is 128 cm³/mol. The van der Waals surface area contributed by atoms with Gasteiger partial charge in [0.2, 0.25) is 10.0 Å². The molecule has 32 heavy (non-hydrogen) atoms. The molecule has 6 nitrogen and oxygen atoms in total. The maximum Gasteiger partial charge on any atom is 0.349 e. The van der Waals surface area contributed by atoms with Gasteiger partial charge < -0.3 is 9.64 Å². The number of esters is 1. The number of aryl methyl sites for hydroxylation is 1. The summed E-state index contributed by atoms with van der Waals surface area (Å²) in [6, 6.07) is 15.5. The van der Waals surface area contributed by atoms with E-state index in [9.17, 15) is 13.2 Å². The summed E-state index contributed by atoms with van der Waals surface area (Å²) >= 11 is 1.10. The Balaban J connectivity index is 1.66. The summed E-state index contributed by atoms with van der Waals surface area (Å²) in [5.41, 5.74) is 4.85. The molecule has 1 aromatic heterocycles. The van der Waals surface area contributed by atoms with Gasteiger partial charge in [-0.1, -0.05) is 42.5 Å². The van der Waals surface area contributed by atoms with Gasteiger partial charge in [-0.05, 0) is 36.6 Å². The van der Waals surface area contributed by atoms with Gasteiger partial charge in [0.25, 0.3) is 0 Å². The number of hydrogen-bond donors (Lipinski definition) is 0. The van der Waals surface area contributed by atoms with E-state index < -0.39 is 16.0 Å². The molecule has 0 amide bonds. The van der Waals surface area contributed by atoms with Gasteiger partial charge in [0.05, 0.1) is 7.11 Å². The second-order valence-corrected chi connectivity index (χ2v) is 10.5. The number of rotatable bonds is 5. The zero-order chi connectivity index (χ0) is 22.9. The Kier molecular flexibility index (Phi) is 6.37. The highest BCUT2D eigenvalue weighted by atomic mass is 32.2. The lowest BCUT2D eigenvalue weighted by atomic mass is 10.1. The number of anilines is 1. The van der Waals surface area contributed by atoms with Crippen LogP contribution in [0.2, 0.25) is 0 Å². The molecule has 0 unspecified atom stereocenters. The quantitative estimate of drug-likeness (QED) is 0.519. The number of hydrogen-bond acceptors (Lipinski definition) is 6. The summed E-state index contributed by atoms with van der Waals surface area (Å²) in [5.74, 6) is -0.634. The molecule has 1 aliphatic rings. The maximum absolute atomic E-state index is 13.8. The van der Waals surface area contributed by atoms with E-state index in [1.807, 2.05) is 36.4 Å². The number of carbonyl (C=O) groups is 1. The molecular weight excluding hydrogens is 444 g/mol. The monoisotopic (exact) mass is 470 g/mol. The summed E-state index contributed by atoms with van der Waals surface area (Å²) in [4.78, 5) is 14.8. The van der Waals surface area contributed by atoms with Gasteiger partial charge in [-0.3, -0.25) is 0 Å². The highest BCUT2D eigenvalue weighted by Crippen LogP contribution is 2.38. The Morgan fingerprint density at radius 1 is 0.969 bits per heavy atom. The minimum absolute atomic E-state index is 0.0423. The van der Waals surface area contributed by atoms with E-state index in [2.05, 4.69) is 30.9 Å². The fourth-order valence-electron chi connectivity index (χ4n) is 4.03. The molecule has 4 rings (SSSR count). The average molecular weight is 471 g/mol. The van der Waals surface area contributed by atoms with Crippen LogP contribution in [0.1, 0.15) is 20.8 Å². The largest absolute Gasteiger partial charge is 0.465 e. The van der Waals surface area contributed by atoms with E-state index >= 15 is 0 Å². The molecular formula is C24H26N2O4S2. The first kappa shape index (κ1) is 22.5. The number of ether oxygens (including phenoxy) is 1. The Bertz CT molecular complexity index is 1230. The zero-order valence-electron chi connectivity index (χ0n) is 18.4. The molecule has 0 saturated carbocycles. The molecule has 0 radical (unpaired) electrons. The van der Waals surface area contributed by atoms with Crippen LogP contribution in [0, 0.1) is 13.8 Å². The predicted octanol–water partition coefficient (Wildman–Crippen LogP) is 4.33. The highest BCUT2D eigenvalue weighted by molar-refractivity contribution is 7.89. The van der Waals surface area contributed by atoms with Crippen molar-refractivity contribution in [3.05, 3.63) is 69.9 Å². The third kappa shape index (κ3) is 4.05. The first-order chi connectivity index (χ1) is 15.3. The van der Waals surface area contributed by atoms with Crippen molar-refractivity contribution in [2.75, 3.05) is 38.2 Å². The molecule has 2 aromatic carbocycles. The lowest BCUT2D eigenvalue weighted by Gasteiger charge is -2.36. The van der Waals surface area contributed by atoms with Crippen molar-refractivity contribution >= 4 is 33.0 Å². The molecule has 0 aliphatic carbocycles. The van der Waals surface area contributed by atoms with Gasteiger partial charge in [-0.2, -0.15) is 4.31 Å². The van der Waals surface area contributed by atoms with Crippen molar-refractivity contribution in [2.24, 2.45) is 0 Å². The highest BCUT2D eigenvalue weighted by Gasteiger charge is 2.36. The standard InChI is InChI=1S/C24H26N2O4S2/c1-17-8-7-11-21(18(17)2)25-12-14-26(15-13-25)32(28,29)23-20(19-9-5-4-6-10-19)16-31-22(23)24(27)30-3/h4-11,16H,12-15H2,1-3H3. The van der Waals surface area contributed by atoms with Crippen molar-refractivity contribution in [2.45, 2.75) is 18.7 Å². The fraction of sp³-hybridized carbons (Fsp3) is 0.292. The number of carbonyl (C=O) groups excluding carboxylic acids is 1. The molecule has 0 bridgehead atoms. The van der Waals surface area contributed by atoms with Gasteiger partial charge in [-0.25, -0.2) is 13.2 Å². The summed E-state index contributed by atoms with van der Waals surface area (Å²) in [6.45, 7) is 6.04. The van der Waals surface area contributed by atoms with Crippen LogP contribution in [0.25, 0.3) is 11.1 Å². The van der Waals surface area contributed by atoms with E-state index in [0.717, 1.165) is 22.6 Å². The van der Waals surface area contributed by atoms with Gasteiger partial charge in [0.1, 0.15) is 9.77 Å². The first-order valence-corrected chi connectivity index (χ1v) is 12.7. The molecule has 1 saturated heterocycles. The average Bonchev–Trinajstić information content (AvgIpc) is 3.27. The van der Waals surface area contributed by atoms with Gasteiger partial charge in [0, 0.05) is 42.8 Å². The molecule has 8 heteroatoms. The minimum Gasteiger partial charge on any atom is -0.465 e. The van der Waals surface area contributed by atoms with Gasteiger partial charge in [-0.15, -0.1) is 11.3 Å².